The first-order valence-electron chi connectivity index (χ1n) is 9.59. The third-order valence-corrected chi connectivity index (χ3v) is 7.95. The van der Waals surface area contributed by atoms with Crippen molar-refractivity contribution in [3.8, 4) is 0 Å². The summed E-state index contributed by atoms with van der Waals surface area (Å²) < 4.78 is 26.8. The van der Waals surface area contributed by atoms with E-state index < -0.39 is 10.0 Å². The van der Waals surface area contributed by atoms with Crippen LogP contribution in [0.1, 0.15) is 41.9 Å². The monoisotopic (exact) mass is 435 g/mol. The number of carbonyl (C=O) groups is 2. The van der Waals surface area contributed by atoms with Crippen LogP contribution in [-0.4, -0.2) is 37.6 Å². The Kier molecular flexibility index (Phi) is 6.40. The largest absolute Gasteiger partial charge is 0.321 e. The van der Waals surface area contributed by atoms with E-state index in [9.17, 15) is 18.0 Å². The molecule has 2 amide bonds. The predicted molar refractivity (Wildman–Crippen MR) is 115 cm³/mol. The van der Waals surface area contributed by atoms with Crippen molar-refractivity contribution in [1.29, 1.82) is 0 Å². The van der Waals surface area contributed by atoms with Crippen molar-refractivity contribution in [3.63, 3.8) is 0 Å². The van der Waals surface area contributed by atoms with Gasteiger partial charge < -0.3 is 10.6 Å². The molecule has 1 aromatic carbocycles. The fraction of sp³-hybridized carbons (Fsp3) is 0.400. The molecule has 9 heteroatoms. The maximum atomic E-state index is 12.7. The molecule has 0 aliphatic heterocycles. The average Bonchev–Trinajstić information content (AvgIpc) is 3.46. The van der Waals surface area contributed by atoms with Crippen LogP contribution in [0.3, 0.4) is 0 Å². The van der Waals surface area contributed by atoms with Gasteiger partial charge in [-0.3, -0.25) is 9.59 Å². The van der Waals surface area contributed by atoms with Crippen LogP contribution in [0.25, 0.3) is 0 Å². The van der Waals surface area contributed by atoms with E-state index in [0.717, 1.165) is 18.4 Å². The molecule has 1 aliphatic rings. The average molecular weight is 436 g/mol. The van der Waals surface area contributed by atoms with Crippen molar-refractivity contribution in [2.45, 2.75) is 38.5 Å². The second-order valence-corrected chi connectivity index (χ2v) is 9.95. The molecule has 0 unspecified atom stereocenters. The van der Waals surface area contributed by atoms with E-state index >= 15 is 0 Å². The molecule has 29 heavy (non-hydrogen) atoms. The summed E-state index contributed by atoms with van der Waals surface area (Å²) in [7, 11) is -3.61. The van der Waals surface area contributed by atoms with Crippen molar-refractivity contribution in [1.82, 2.24) is 4.31 Å². The smallest absolute Gasteiger partial charge is 0.266 e. The summed E-state index contributed by atoms with van der Waals surface area (Å²) in [5.74, 6) is -0.255. The zero-order valence-corrected chi connectivity index (χ0v) is 18.3. The van der Waals surface area contributed by atoms with Crippen LogP contribution in [-0.2, 0) is 14.8 Å². The molecule has 1 aromatic heterocycles. The van der Waals surface area contributed by atoms with E-state index in [1.54, 1.807) is 39.0 Å². The summed E-state index contributed by atoms with van der Waals surface area (Å²) in [6.45, 7) is 6.12. The van der Waals surface area contributed by atoms with Gasteiger partial charge in [-0.25, -0.2) is 8.42 Å². The highest BCUT2D eigenvalue weighted by atomic mass is 32.2. The molecule has 2 aromatic rings. The summed E-state index contributed by atoms with van der Waals surface area (Å²) >= 11 is 1.21. The van der Waals surface area contributed by atoms with E-state index in [-0.39, 0.29) is 22.6 Å². The van der Waals surface area contributed by atoms with Crippen LogP contribution >= 0.6 is 11.3 Å². The van der Waals surface area contributed by atoms with E-state index in [0.29, 0.717) is 28.7 Å². The van der Waals surface area contributed by atoms with Crippen LogP contribution in [0.15, 0.2) is 35.2 Å². The van der Waals surface area contributed by atoms with Crippen LogP contribution in [0.4, 0.5) is 10.7 Å². The van der Waals surface area contributed by atoms with Gasteiger partial charge in [-0.2, -0.15) is 4.31 Å². The molecular formula is C20H25N3O4S2. The molecule has 0 atom stereocenters. The Labute approximate surface area is 175 Å². The molecule has 1 heterocycles. The quantitative estimate of drug-likeness (QED) is 0.661. The first-order chi connectivity index (χ1) is 13.8. The molecule has 7 nitrogen and oxygen atoms in total. The summed E-state index contributed by atoms with van der Waals surface area (Å²) in [5.41, 5.74) is 1.16. The molecule has 1 saturated carbocycles. The van der Waals surface area contributed by atoms with Gasteiger partial charge in [0.15, 0.2) is 0 Å². The van der Waals surface area contributed by atoms with Crippen LogP contribution < -0.4 is 10.6 Å². The van der Waals surface area contributed by atoms with E-state index in [2.05, 4.69) is 10.6 Å². The maximum Gasteiger partial charge on any atom is 0.266 e. The van der Waals surface area contributed by atoms with Gasteiger partial charge in [0.05, 0.1) is 14.8 Å². The Morgan fingerprint density at radius 3 is 2.45 bits per heavy atom. The van der Waals surface area contributed by atoms with E-state index in [4.69, 9.17) is 0 Å². The van der Waals surface area contributed by atoms with Gasteiger partial charge in [-0.1, -0.05) is 19.9 Å². The number of anilines is 2. The fourth-order valence-corrected chi connectivity index (χ4v) is 5.45. The van der Waals surface area contributed by atoms with Crippen LogP contribution in [0.2, 0.25) is 0 Å². The number of hydrogen-bond donors (Lipinski definition) is 2. The van der Waals surface area contributed by atoms with Crippen molar-refractivity contribution in [2.75, 3.05) is 23.7 Å². The van der Waals surface area contributed by atoms with Gasteiger partial charge in [-0.05, 0) is 49.6 Å². The number of rotatable bonds is 8. The molecule has 3 rings (SSSR count). The summed E-state index contributed by atoms with van der Waals surface area (Å²) in [6, 6.07) is 8.02. The van der Waals surface area contributed by atoms with Crippen molar-refractivity contribution in [3.05, 3.63) is 40.8 Å². The Balaban J connectivity index is 1.76. The highest BCUT2D eigenvalue weighted by molar-refractivity contribution is 7.89. The summed E-state index contributed by atoms with van der Waals surface area (Å²) in [6.07, 6.45) is 1.83. The number of thiophene rings is 1. The zero-order valence-electron chi connectivity index (χ0n) is 16.7. The zero-order chi connectivity index (χ0) is 21.2. The molecule has 0 spiro atoms. The molecule has 0 radical (unpaired) electrons. The highest BCUT2D eigenvalue weighted by Crippen LogP contribution is 2.33. The van der Waals surface area contributed by atoms with Gasteiger partial charge >= 0.3 is 0 Å². The Bertz CT molecular complexity index is 1020. The molecule has 156 valence electrons. The highest BCUT2D eigenvalue weighted by Gasteiger charge is 2.30. The van der Waals surface area contributed by atoms with Gasteiger partial charge in [0.1, 0.15) is 0 Å². The standard InChI is InChI=1S/C20H25N3O4S2/c1-4-23(5-2)29(26,27)16-8-6-7-15(12-16)21-20(25)18-13(3)11-17(28-18)22-19(24)14-9-10-14/h6-8,11-12,14H,4-5,9-10H2,1-3H3,(H,21,25)(H,22,24). The molecule has 2 N–H and O–H groups in total. The van der Waals surface area contributed by atoms with Crippen molar-refractivity contribution in [2.24, 2.45) is 5.92 Å². The lowest BCUT2D eigenvalue weighted by Crippen LogP contribution is -2.30. The number of aryl methyl sites for hydroxylation is 1. The van der Waals surface area contributed by atoms with Crippen LogP contribution in [0, 0.1) is 12.8 Å². The van der Waals surface area contributed by atoms with Crippen molar-refractivity contribution >= 4 is 43.9 Å². The first-order valence-corrected chi connectivity index (χ1v) is 11.8. The predicted octanol–water partition coefficient (Wildman–Crippen LogP) is 3.69. The number of nitrogens with zero attached hydrogens (tertiary/aromatic N) is 1. The third kappa shape index (κ3) is 4.85. The fourth-order valence-electron chi connectivity index (χ4n) is 2.97. The Morgan fingerprint density at radius 1 is 1.14 bits per heavy atom. The Morgan fingerprint density at radius 2 is 1.83 bits per heavy atom. The SMILES string of the molecule is CCN(CC)S(=O)(=O)c1cccc(NC(=O)c2sc(NC(=O)C3CC3)cc2C)c1. The second kappa shape index (κ2) is 8.64. The van der Waals surface area contributed by atoms with Gasteiger partial charge in [0.2, 0.25) is 15.9 Å². The molecule has 0 saturated heterocycles. The Hall–Kier alpha value is -2.23. The number of amides is 2. The normalized spacial score (nSPS) is 14.1. The van der Waals surface area contributed by atoms with E-state index in [1.165, 1.54) is 27.8 Å². The number of nitrogens with one attached hydrogen (secondary N) is 2. The minimum Gasteiger partial charge on any atom is -0.321 e. The molecular weight excluding hydrogens is 410 g/mol. The summed E-state index contributed by atoms with van der Waals surface area (Å²) in [4.78, 5) is 25.3. The topological polar surface area (TPSA) is 95.6 Å². The van der Waals surface area contributed by atoms with Gasteiger partial charge in [-0.15, -0.1) is 11.3 Å². The lowest BCUT2D eigenvalue weighted by Gasteiger charge is -2.18. The van der Waals surface area contributed by atoms with Gasteiger partial charge in [0, 0.05) is 24.7 Å². The maximum absolute atomic E-state index is 12.7. The lowest BCUT2D eigenvalue weighted by atomic mass is 10.2. The lowest BCUT2D eigenvalue weighted by molar-refractivity contribution is -0.117. The van der Waals surface area contributed by atoms with E-state index in [1.807, 2.05) is 0 Å². The van der Waals surface area contributed by atoms with Crippen molar-refractivity contribution < 1.29 is 18.0 Å². The molecule has 1 fully saturated rings. The third-order valence-electron chi connectivity index (χ3n) is 4.75. The van der Waals surface area contributed by atoms with Gasteiger partial charge in [0.25, 0.3) is 5.91 Å². The summed E-state index contributed by atoms with van der Waals surface area (Å²) in [5, 5.41) is 6.26. The number of hydrogen-bond acceptors (Lipinski definition) is 5. The number of carbonyl (C=O) groups excluding carboxylic acids is 2. The number of benzene rings is 1. The minimum absolute atomic E-state index is 0.00693. The number of sulfonamides is 1. The molecule has 1 aliphatic carbocycles. The minimum atomic E-state index is -3.61. The first kappa shape index (κ1) is 21.5. The second-order valence-electron chi connectivity index (χ2n) is 6.96. The molecule has 0 bridgehead atoms. The van der Waals surface area contributed by atoms with Crippen LogP contribution in [0.5, 0.6) is 0 Å².